The Labute approximate surface area is 356 Å². The van der Waals surface area contributed by atoms with Gasteiger partial charge in [0.05, 0.1) is 16.7 Å². The Morgan fingerprint density at radius 1 is 0.344 bits per heavy atom. The highest BCUT2D eigenvalue weighted by Crippen LogP contribution is 2.51. The Hall–Kier alpha value is -7.68. The molecule has 0 unspecified atom stereocenters. The molecule has 288 valence electrons. The number of rotatable bonds is 6. The number of hydrogen-bond donors (Lipinski definition) is 0. The number of benzene rings is 10. The van der Waals surface area contributed by atoms with Crippen molar-refractivity contribution < 1.29 is 0 Å². The van der Waals surface area contributed by atoms with Crippen molar-refractivity contribution in [2.75, 3.05) is 4.90 Å². The van der Waals surface area contributed by atoms with E-state index in [2.05, 4.69) is 242 Å². The second kappa shape index (κ2) is 13.7. The first kappa shape index (κ1) is 35.3. The monoisotopic (exact) mass is 778 g/mol. The van der Waals surface area contributed by atoms with E-state index in [1.165, 1.54) is 87.9 Å². The molecule has 2 nitrogen and oxygen atoms in total. The molecule has 0 aliphatic heterocycles. The number of aromatic nitrogens is 1. The highest BCUT2D eigenvalue weighted by atomic mass is 15.1. The second-order valence-electron chi connectivity index (χ2n) is 16.9. The summed E-state index contributed by atoms with van der Waals surface area (Å²) in [6, 6.07) is 80.3. The lowest BCUT2D eigenvalue weighted by atomic mass is 9.82. The number of anilines is 3. The fraction of sp³-hybridized carbons (Fsp3) is 0.0508. The van der Waals surface area contributed by atoms with E-state index >= 15 is 0 Å². The molecule has 0 fully saturated rings. The van der Waals surface area contributed by atoms with Crippen LogP contribution in [0.4, 0.5) is 17.1 Å². The van der Waals surface area contributed by atoms with Gasteiger partial charge in [0.25, 0.3) is 0 Å². The summed E-state index contributed by atoms with van der Waals surface area (Å²) in [6.07, 6.45) is 0. The van der Waals surface area contributed by atoms with E-state index in [4.69, 9.17) is 0 Å². The molecule has 11 aromatic rings. The van der Waals surface area contributed by atoms with Crippen molar-refractivity contribution in [2.45, 2.75) is 19.3 Å². The zero-order chi connectivity index (χ0) is 40.7. The molecule has 1 aliphatic rings. The molecule has 1 aliphatic carbocycles. The zero-order valence-corrected chi connectivity index (χ0v) is 34.2. The molecule has 2 heteroatoms. The van der Waals surface area contributed by atoms with Gasteiger partial charge < -0.3 is 9.47 Å². The predicted molar refractivity (Wildman–Crippen MR) is 259 cm³/mol. The standard InChI is InChI=1S/C59H42N2/c1-59(2)54-25-13-10-23-49(54)50-34-33-44(38-55(50)59)60(42-17-4-3-5-18-42)43-31-28-39(29-32-43)46-20-11-14-26-56(46)61-57-27-15-12-24-51(57)53-37-41(30-35-58(53)61)52-36-40-16-6-7-19-45(40)47-21-8-9-22-48(47)52/h3-38H,1-2H3. The molecule has 0 N–H and O–H groups in total. The van der Waals surface area contributed by atoms with Crippen molar-refractivity contribution in [1.82, 2.24) is 4.57 Å². The van der Waals surface area contributed by atoms with Gasteiger partial charge in [-0.3, -0.25) is 0 Å². The summed E-state index contributed by atoms with van der Waals surface area (Å²) in [7, 11) is 0. The van der Waals surface area contributed by atoms with E-state index in [0.717, 1.165) is 22.7 Å². The van der Waals surface area contributed by atoms with E-state index in [9.17, 15) is 0 Å². The van der Waals surface area contributed by atoms with Gasteiger partial charge in [-0.25, -0.2) is 0 Å². The van der Waals surface area contributed by atoms with E-state index in [0.29, 0.717) is 0 Å². The first-order valence-corrected chi connectivity index (χ1v) is 21.3. The van der Waals surface area contributed by atoms with Crippen LogP contribution in [0, 0.1) is 0 Å². The molecule has 0 radical (unpaired) electrons. The van der Waals surface area contributed by atoms with E-state index < -0.39 is 0 Å². The molecule has 12 rings (SSSR count). The van der Waals surface area contributed by atoms with Crippen LogP contribution < -0.4 is 4.90 Å². The average molecular weight is 779 g/mol. The topological polar surface area (TPSA) is 8.17 Å². The lowest BCUT2D eigenvalue weighted by molar-refractivity contribution is 0.660. The third-order valence-corrected chi connectivity index (χ3v) is 13.2. The van der Waals surface area contributed by atoms with Gasteiger partial charge in [0.2, 0.25) is 0 Å². The normalized spacial score (nSPS) is 12.9. The van der Waals surface area contributed by atoms with Crippen molar-refractivity contribution >= 4 is 60.4 Å². The minimum atomic E-state index is -0.0863. The first-order valence-electron chi connectivity index (χ1n) is 21.3. The summed E-state index contributed by atoms with van der Waals surface area (Å²) in [5.41, 5.74) is 17.1. The Kier molecular flexibility index (Phi) is 7.92. The van der Waals surface area contributed by atoms with Crippen LogP contribution in [0.2, 0.25) is 0 Å². The van der Waals surface area contributed by atoms with Crippen LogP contribution >= 0.6 is 0 Å². The third kappa shape index (κ3) is 5.49. The van der Waals surface area contributed by atoms with Gasteiger partial charge in [0.1, 0.15) is 0 Å². The van der Waals surface area contributed by atoms with E-state index in [1.807, 2.05) is 0 Å². The highest BCUT2D eigenvalue weighted by molar-refractivity contribution is 6.16. The van der Waals surface area contributed by atoms with Gasteiger partial charge in [-0.2, -0.15) is 0 Å². The van der Waals surface area contributed by atoms with Crippen LogP contribution in [0.3, 0.4) is 0 Å². The van der Waals surface area contributed by atoms with Crippen LogP contribution in [0.15, 0.2) is 218 Å². The largest absolute Gasteiger partial charge is 0.310 e. The van der Waals surface area contributed by atoms with Gasteiger partial charge >= 0.3 is 0 Å². The van der Waals surface area contributed by atoms with Gasteiger partial charge in [0.15, 0.2) is 0 Å². The quantitative estimate of drug-likeness (QED) is 0.153. The minimum Gasteiger partial charge on any atom is -0.310 e. The molecule has 0 saturated heterocycles. The fourth-order valence-electron chi connectivity index (χ4n) is 10.3. The molecule has 0 atom stereocenters. The number of hydrogen-bond acceptors (Lipinski definition) is 1. The maximum Gasteiger partial charge on any atom is 0.0541 e. The SMILES string of the molecule is CC1(C)c2ccccc2-c2ccc(N(c3ccccc3)c3ccc(-c4ccccc4-n4c5ccccc5c5cc(-c6cc7ccccc7c7ccccc67)ccc54)cc3)cc21. The molecule has 1 aromatic heterocycles. The van der Waals surface area contributed by atoms with Crippen molar-refractivity contribution in [3.05, 3.63) is 230 Å². The second-order valence-corrected chi connectivity index (χ2v) is 16.9. The fourth-order valence-corrected chi connectivity index (χ4v) is 10.3. The van der Waals surface area contributed by atoms with Gasteiger partial charge in [-0.1, -0.05) is 166 Å². The third-order valence-electron chi connectivity index (χ3n) is 13.2. The van der Waals surface area contributed by atoms with Crippen molar-refractivity contribution in [3.63, 3.8) is 0 Å². The Morgan fingerprint density at radius 2 is 0.934 bits per heavy atom. The summed E-state index contributed by atoms with van der Waals surface area (Å²) in [6.45, 7) is 4.70. The van der Waals surface area contributed by atoms with Crippen LogP contribution in [0.25, 0.3) is 82.4 Å². The Morgan fingerprint density at radius 3 is 1.77 bits per heavy atom. The van der Waals surface area contributed by atoms with Gasteiger partial charge in [0, 0.05) is 38.8 Å². The summed E-state index contributed by atoms with van der Waals surface area (Å²) in [4.78, 5) is 2.39. The van der Waals surface area contributed by atoms with Crippen molar-refractivity contribution in [1.29, 1.82) is 0 Å². The van der Waals surface area contributed by atoms with Crippen molar-refractivity contribution in [2.24, 2.45) is 0 Å². The Bertz CT molecular complexity index is 3500. The summed E-state index contributed by atoms with van der Waals surface area (Å²) >= 11 is 0. The first-order chi connectivity index (χ1) is 30.0. The molecule has 61 heavy (non-hydrogen) atoms. The molecular formula is C59H42N2. The highest BCUT2D eigenvalue weighted by Gasteiger charge is 2.35. The maximum atomic E-state index is 2.46. The Balaban J connectivity index is 0.970. The maximum absolute atomic E-state index is 2.46. The smallest absolute Gasteiger partial charge is 0.0541 e. The van der Waals surface area contributed by atoms with E-state index in [-0.39, 0.29) is 5.41 Å². The number of nitrogens with zero attached hydrogens (tertiary/aromatic N) is 2. The zero-order valence-electron chi connectivity index (χ0n) is 34.2. The van der Waals surface area contributed by atoms with Crippen LogP contribution in [-0.4, -0.2) is 4.57 Å². The molecular weight excluding hydrogens is 737 g/mol. The molecule has 0 saturated carbocycles. The average Bonchev–Trinajstić information content (AvgIpc) is 3.77. The molecule has 0 amide bonds. The van der Waals surface area contributed by atoms with E-state index in [1.54, 1.807) is 0 Å². The molecule has 10 aromatic carbocycles. The van der Waals surface area contributed by atoms with Crippen LogP contribution in [0.1, 0.15) is 25.0 Å². The molecule has 0 spiro atoms. The molecule has 1 heterocycles. The minimum absolute atomic E-state index is 0.0863. The predicted octanol–water partition coefficient (Wildman–Crippen LogP) is 16.2. The summed E-state index contributed by atoms with van der Waals surface area (Å²) in [5, 5.41) is 7.59. The molecule has 0 bridgehead atoms. The lowest BCUT2D eigenvalue weighted by Gasteiger charge is -2.28. The lowest BCUT2D eigenvalue weighted by Crippen LogP contribution is -2.16. The summed E-state index contributed by atoms with van der Waals surface area (Å²) < 4.78 is 2.46. The van der Waals surface area contributed by atoms with Gasteiger partial charge in [-0.05, 0) is 127 Å². The van der Waals surface area contributed by atoms with Crippen molar-refractivity contribution in [3.8, 4) is 39.1 Å². The van der Waals surface area contributed by atoms with Crippen LogP contribution in [0.5, 0.6) is 0 Å². The van der Waals surface area contributed by atoms with Gasteiger partial charge in [-0.15, -0.1) is 0 Å². The van der Waals surface area contributed by atoms with Crippen LogP contribution in [-0.2, 0) is 5.41 Å². The number of fused-ring (bicyclic) bond motifs is 9. The summed E-state index contributed by atoms with van der Waals surface area (Å²) in [5.74, 6) is 0. The number of para-hydroxylation sites is 3.